The summed E-state index contributed by atoms with van der Waals surface area (Å²) in [5.41, 5.74) is 2.11. The molecule has 1 aromatic carbocycles. The first-order valence-electron chi connectivity index (χ1n) is 8.07. The van der Waals surface area contributed by atoms with E-state index in [1.165, 1.54) is 5.56 Å². The third-order valence-electron chi connectivity index (χ3n) is 4.40. The summed E-state index contributed by atoms with van der Waals surface area (Å²) in [6.07, 6.45) is 1.63. The number of rotatable bonds is 3. The van der Waals surface area contributed by atoms with E-state index in [-0.39, 0.29) is 11.9 Å². The third-order valence-corrected chi connectivity index (χ3v) is 4.64. The molecule has 5 heteroatoms. The fourth-order valence-corrected chi connectivity index (χ4v) is 3.29. The van der Waals surface area contributed by atoms with Crippen molar-refractivity contribution in [1.82, 2.24) is 4.98 Å². The van der Waals surface area contributed by atoms with Crippen molar-refractivity contribution in [2.24, 2.45) is 5.92 Å². The number of ether oxygens (including phenoxy) is 1. The SMILES string of the molecule is CCOC(=O)C1CCN(c2cc(C)c3ccc(Cl)cc3n2)CC1. The number of esters is 1. The Bertz CT molecular complexity index is 724. The summed E-state index contributed by atoms with van der Waals surface area (Å²) in [5.74, 6) is 0.906. The lowest BCUT2D eigenvalue weighted by Crippen LogP contribution is -2.37. The summed E-state index contributed by atoms with van der Waals surface area (Å²) in [6.45, 7) is 6.03. The van der Waals surface area contributed by atoms with Gasteiger partial charge in [0.05, 0.1) is 18.0 Å². The summed E-state index contributed by atoms with van der Waals surface area (Å²) in [5, 5.41) is 1.82. The van der Waals surface area contributed by atoms with Crippen LogP contribution in [-0.2, 0) is 9.53 Å². The summed E-state index contributed by atoms with van der Waals surface area (Å²) in [6, 6.07) is 7.92. The number of piperidine rings is 1. The van der Waals surface area contributed by atoms with E-state index in [2.05, 4.69) is 17.9 Å². The number of aryl methyl sites for hydroxylation is 1. The maximum absolute atomic E-state index is 11.8. The Kier molecular flexibility index (Phi) is 4.71. The number of anilines is 1. The van der Waals surface area contributed by atoms with Crippen LogP contribution in [0.25, 0.3) is 10.9 Å². The zero-order valence-corrected chi connectivity index (χ0v) is 14.3. The molecular weight excluding hydrogens is 312 g/mol. The lowest BCUT2D eigenvalue weighted by Gasteiger charge is -2.32. The number of carbonyl (C=O) groups excluding carboxylic acids is 1. The summed E-state index contributed by atoms with van der Waals surface area (Å²) >= 11 is 6.09. The van der Waals surface area contributed by atoms with Gasteiger partial charge in [-0.15, -0.1) is 0 Å². The Morgan fingerprint density at radius 2 is 2.09 bits per heavy atom. The van der Waals surface area contributed by atoms with Crippen molar-refractivity contribution >= 4 is 34.3 Å². The second kappa shape index (κ2) is 6.75. The smallest absolute Gasteiger partial charge is 0.309 e. The van der Waals surface area contributed by atoms with Crippen molar-refractivity contribution < 1.29 is 9.53 Å². The predicted octanol–water partition coefficient (Wildman–Crippen LogP) is 3.98. The van der Waals surface area contributed by atoms with Crippen molar-refractivity contribution in [3.63, 3.8) is 0 Å². The van der Waals surface area contributed by atoms with Crippen LogP contribution in [0.1, 0.15) is 25.3 Å². The monoisotopic (exact) mass is 332 g/mol. The standard InChI is InChI=1S/C18H21ClN2O2/c1-3-23-18(22)13-6-8-21(9-7-13)17-10-12(2)15-5-4-14(19)11-16(15)20-17/h4-5,10-11,13H,3,6-9H2,1-2H3. The Labute approximate surface area is 141 Å². The van der Waals surface area contributed by atoms with E-state index in [1.807, 2.05) is 25.1 Å². The number of hydrogen-bond acceptors (Lipinski definition) is 4. The molecule has 0 saturated carbocycles. The highest BCUT2D eigenvalue weighted by molar-refractivity contribution is 6.31. The average molecular weight is 333 g/mol. The van der Waals surface area contributed by atoms with Crippen LogP contribution in [0.2, 0.25) is 5.02 Å². The molecule has 1 fully saturated rings. The average Bonchev–Trinajstić information content (AvgIpc) is 2.54. The summed E-state index contributed by atoms with van der Waals surface area (Å²) in [7, 11) is 0. The molecule has 0 spiro atoms. The highest BCUT2D eigenvalue weighted by Gasteiger charge is 2.26. The van der Waals surface area contributed by atoms with Crippen molar-refractivity contribution in [1.29, 1.82) is 0 Å². The number of carbonyl (C=O) groups is 1. The number of benzene rings is 1. The Morgan fingerprint density at radius 1 is 1.35 bits per heavy atom. The Hall–Kier alpha value is -1.81. The zero-order valence-electron chi connectivity index (χ0n) is 13.5. The molecule has 4 nitrogen and oxygen atoms in total. The first-order valence-corrected chi connectivity index (χ1v) is 8.44. The van der Waals surface area contributed by atoms with Crippen LogP contribution in [0.15, 0.2) is 24.3 Å². The van der Waals surface area contributed by atoms with Gasteiger partial charge in [0.15, 0.2) is 0 Å². The number of hydrogen-bond donors (Lipinski definition) is 0. The molecule has 1 aromatic heterocycles. The molecule has 122 valence electrons. The van der Waals surface area contributed by atoms with Gasteiger partial charge in [-0.2, -0.15) is 0 Å². The predicted molar refractivity (Wildman–Crippen MR) is 93.1 cm³/mol. The summed E-state index contributed by atoms with van der Waals surface area (Å²) < 4.78 is 5.12. The molecule has 0 radical (unpaired) electrons. The van der Waals surface area contributed by atoms with Gasteiger partial charge in [0.25, 0.3) is 0 Å². The molecular formula is C18H21ClN2O2. The fourth-order valence-electron chi connectivity index (χ4n) is 3.12. The van der Waals surface area contributed by atoms with E-state index < -0.39 is 0 Å². The normalized spacial score (nSPS) is 15.9. The van der Waals surface area contributed by atoms with E-state index in [1.54, 1.807) is 0 Å². The topological polar surface area (TPSA) is 42.4 Å². The first kappa shape index (κ1) is 16.1. The zero-order chi connectivity index (χ0) is 16.4. The van der Waals surface area contributed by atoms with Crippen LogP contribution in [0.3, 0.4) is 0 Å². The number of fused-ring (bicyclic) bond motifs is 1. The van der Waals surface area contributed by atoms with Gasteiger partial charge in [-0.1, -0.05) is 17.7 Å². The molecule has 0 amide bonds. The largest absolute Gasteiger partial charge is 0.466 e. The van der Waals surface area contributed by atoms with Crippen molar-refractivity contribution in [3.05, 3.63) is 34.9 Å². The van der Waals surface area contributed by atoms with E-state index in [9.17, 15) is 4.79 Å². The van der Waals surface area contributed by atoms with Gasteiger partial charge >= 0.3 is 5.97 Å². The molecule has 1 aliphatic heterocycles. The van der Waals surface area contributed by atoms with Crippen molar-refractivity contribution in [2.75, 3.05) is 24.6 Å². The van der Waals surface area contributed by atoms with E-state index >= 15 is 0 Å². The molecule has 0 bridgehead atoms. The van der Waals surface area contributed by atoms with Crippen molar-refractivity contribution in [2.45, 2.75) is 26.7 Å². The summed E-state index contributed by atoms with van der Waals surface area (Å²) in [4.78, 5) is 18.8. The van der Waals surface area contributed by atoms with E-state index in [0.29, 0.717) is 11.6 Å². The van der Waals surface area contributed by atoms with Gasteiger partial charge in [0, 0.05) is 23.5 Å². The lowest BCUT2D eigenvalue weighted by atomic mass is 9.97. The number of halogens is 1. The van der Waals surface area contributed by atoms with E-state index in [0.717, 1.165) is 42.7 Å². The molecule has 0 aliphatic carbocycles. The molecule has 1 saturated heterocycles. The van der Waals surface area contributed by atoms with Crippen LogP contribution in [0, 0.1) is 12.8 Å². The van der Waals surface area contributed by atoms with Gasteiger partial charge in [-0.25, -0.2) is 4.98 Å². The maximum atomic E-state index is 11.8. The molecule has 2 aromatic rings. The highest BCUT2D eigenvalue weighted by Crippen LogP contribution is 2.28. The fraction of sp³-hybridized carbons (Fsp3) is 0.444. The molecule has 2 heterocycles. The minimum atomic E-state index is -0.0680. The quantitative estimate of drug-likeness (QED) is 0.797. The van der Waals surface area contributed by atoms with Crippen LogP contribution in [-0.4, -0.2) is 30.6 Å². The number of pyridine rings is 1. The van der Waals surface area contributed by atoms with E-state index in [4.69, 9.17) is 21.3 Å². The lowest BCUT2D eigenvalue weighted by molar-refractivity contribution is -0.148. The van der Waals surface area contributed by atoms with Crippen LogP contribution < -0.4 is 4.90 Å². The number of aromatic nitrogens is 1. The Balaban J connectivity index is 1.78. The molecule has 0 unspecified atom stereocenters. The molecule has 0 atom stereocenters. The Morgan fingerprint density at radius 3 is 2.78 bits per heavy atom. The van der Waals surface area contributed by atoms with Crippen LogP contribution in [0.4, 0.5) is 5.82 Å². The molecule has 3 rings (SSSR count). The van der Waals surface area contributed by atoms with Gasteiger partial charge in [-0.05, 0) is 50.5 Å². The number of nitrogens with zero attached hydrogens (tertiary/aromatic N) is 2. The third kappa shape index (κ3) is 3.42. The minimum Gasteiger partial charge on any atom is -0.466 e. The van der Waals surface area contributed by atoms with Crippen LogP contribution >= 0.6 is 11.6 Å². The van der Waals surface area contributed by atoms with Gasteiger partial charge < -0.3 is 9.64 Å². The first-order chi connectivity index (χ1) is 11.1. The highest BCUT2D eigenvalue weighted by atomic mass is 35.5. The van der Waals surface area contributed by atoms with Crippen molar-refractivity contribution in [3.8, 4) is 0 Å². The molecule has 0 N–H and O–H groups in total. The second-order valence-corrected chi connectivity index (χ2v) is 6.41. The van der Waals surface area contributed by atoms with Gasteiger partial charge in [0.1, 0.15) is 5.82 Å². The molecule has 23 heavy (non-hydrogen) atoms. The van der Waals surface area contributed by atoms with Gasteiger partial charge in [-0.3, -0.25) is 4.79 Å². The second-order valence-electron chi connectivity index (χ2n) is 5.97. The minimum absolute atomic E-state index is 0.0159. The van der Waals surface area contributed by atoms with Gasteiger partial charge in [0.2, 0.25) is 0 Å². The molecule has 1 aliphatic rings. The van der Waals surface area contributed by atoms with Crippen LogP contribution in [0.5, 0.6) is 0 Å². The maximum Gasteiger partial charge on any atom is 0.309 e.